The number of halogens is 1. The molecule has 0 aliphatic heterocycles. The smallest absolute Gasteiger partial charge is 0.339 e. The summed E-state index contributed by atoms with van der Waals surface area (Å²) in [6.07, 6.45) is 2.32. The molecule has 0 spiro atoms. The lowest BCUT2D eigenvalue weighted by atomic mass is 10.2. The van der Waals surface area contributed by atoms with E-state index in [9.17, 15) is 9.59 Å². The van der Waals surface area contributed by atoms with E-state index in [1.54, 1.807) is 6.92 Å². The molecule has 1 rings (SSSR count). The number of carboxylic acid groups (broad SMARTS) is 1. The number of hydrogen-bond acceptors (Lipinski definition) is 4. The zero-order valence-electron chi connectivity index (χ0n) is 10.7. The van der Waals surface area contributed by atoms with Gasteiger partial charge in [-0.05, 0) is 35.3 Å². The molecule has 104 valence electrons. The number of carbonyl (C=O) groups is 2. The molecule has 6 nitrogen and oxygen atoms in total. The first kappa shape index (κ1) is 15.4. The standard InChI is InChI=1S/C12H16BrN3O3/c1-3-4-14-11(17)7(2)16-10-9(12(18)19)5-8(13)6-15-10/h5-7H,3-4H2,1-2H3,(H,14,17)(H,15,16)(H,18,19). The number of carboxylic acids is 1. The van der Waals surface area contributed by atoms with Gasteiger partial charge in [-0.1, -0.05) is 6.92 Å². The Morgan fingerprint density at radius 1 is 1.53 bits per heavy atom. The first-order valence-corrected chi connectivity index (χ1v) is 6.68. The van der Waals surface area contributed by atoms with Crippen LogP contribution in [0.3, 0.4) is 0 Å². The van der Waals surface area contributed by atoms with Crippen LogP contribution in [0.4, 0.5) is 5.82 Å². The Kier molecular flexibility index (Phi) is 5.75. The summed E-state index contributed by atoms with van der Waals surface area (Å²) in [4.78, 5) is 26.8. The SMILES string of the molecule is CCCNC(=O)C(C)Nc1ncc(Br)cc1C(=O)O. The molecule has 1 aromatic rings. The van der Waals surface area contributed by atoms with Crippen LogP contribution in [-0.2, 0) is 4.79 Å². The van der Waals surface area contributed by atoms with Gasteiger partial charge in [0, 0.05) is 17.2 Å². The first-order valence-electron chi connectivity index (χ1n) is 5.88. The van der Waals surface area contributed by atoms with Gasteiger partial charge in [-0.3, -0.25) is 4.79 Å². The number of rotatable bonds is 6. The molecule has 7 heteroatoms. The van der Waals surface area contributed by atoms with Crippen LogP contribution >= 0.6 is 15.9 Å². The Morgan fingerprint density at radius 2 is 2.21 bits per heavy atom. The van der Waals surface area contributed by atoms with Crippen LogP contribution in [0.5, 0.6) is 0 Å². The lowest BCUT2D eigenvalue weighted by Gasteiger charge is -2.15. The van der Waals surface area contributed by atoms with Gasteiger partial charge in [0.15, 0.2) is 0 Å². The highest BCUT2D eigenvalue weighted by atomic mass is 79.9. The highest BCUT2D eigenvalue weighted by Crippen LogP contribution is 2.18. The number of aromatic carboxylic acids is 1. The highest BCUT2D eigenvalue weighted by Gasteiger charge is 2.17. The predicted molar refractivity (Wildman–Crippen MR) is 75.3 cm³/mol. The maximum atomic E-state index is 11.7. The summed E-state index contributed by atoms with van der Waals surface area (Å²) in [7, 11) is 0. The van der Waals surface area contributed by atoms with Crippen molar-refractivity contribution < 1.29 is 14.7 Å². The van der Waals surface area contributed by atoms with Crippen molar-refractivity contribution in [3.63, 3.8) is 0 Å². The highest BCUT2D eigenvalue weighted by molar-refractivity contribution is 9.10. The molecule has 1 amide bonds. The van der Waals surface area contributed by atoms with Crippen molar-refractivity contribution in [1.82, 2.24) is 10.3 Å². The van der Waals surface area contributed by atoms with Crippen molar-refractivity contribution in [3.8, 4) is 0 Å². The van der Waals surface area contributed by atoms with Crippen molar-refractivity contribution in [2.45, 2.75) is 26.3 Å². The average molecular weight is 330 g/mol. The zero-order valence-corrected chi connectivity index (χ0v) is 12.3. The second-order valence-corrected chi connectivity index (χ2v) is 4.93. The molecule has 1 heterocycles. The summed E-state index contributed by atoms with van der Waals surface area (Å²) >= 11 is 3.16. The molecule has 1 aromatic heterocycles. The van der Waals surface area contributed by atoms with Crippen molar-refractivity contribution in [2.75, 3.05) is 11.9 Å². The minimum atomic E-state index is -1.10. The Morgan fingerprint density at radius 3 is 2.79 bits per heavy atom. The molecule has 3 N–H and O–H groups in total. The van der Waals surface area contributed by atoms with Gasteiger partial charge in [0.05, 0.1) is 0 Å². The van der Waals surface area contributed by atoms with E-state index in [-0.39, 0.29) is 17.3 Å². The van der Waals surface area contributed by atoms with Gasteiger partial charge in [-0.15, -0.1) is 0 Å². The second kappa shape index (κ2) is 7.08. The molecule has 1 atom stereocenters. The van der Waals surface area contributed by atoms with Crippen LogP contribution in [0.1, 0.15) is 30.6 Å². The van der Waals surface area contributed by atoms with Gasteiger partial charge in [0.2, 0.25) is 5.91 Å². The number of anilines is 1. The lowest BCUT2D eigenvalue weighted by Crippen LogP contribution is -2.38. The maximum absolute atomic E-state index is 11.7. The molecule has 1 unspecified atom stereocenters. The molecule has 0 fully saturated rings. The number of amides is 1. The number of hydrogen-bond donors (Lipinski definition) is 3. The van der Waals surface area contributed by atoms with E-state index in [1.165, 1.54) is 12.3 Å². The van der Waals surface area contributed by atoms with Gasteiger partial charge >= 0.3 is 5.97 Å². The average Bonchev–Trinajstić information content (AvgIpc) is 2.37. The zero-order chi connectivity index (χ0) is 14.4. The van der Waals surface area contributed by atoms with Gasteiger partial charge < -0.3 is 15.7 Å². The normalized spacial score (nSPS) is 11.7. The van der Waals surface area contributed by atoms with E-state index in [0.717, 1.165) is 6.42 Å². The Balaban J connectivity index is 2.81. The van der Waals surface area contributed by atoms with Crippen LogP contribution in [0.25, 0.3) is 0 Å². The van der Waals surface area contributed by atoms with E-state index in [0.29, 0.717) is 11.0 Å². The molecule has 0 radical (unpaired) electrons. The monoisotopic (exact) mass is 329 g/mol. The second-order valence-electron chi connectivity index (χ2n) is 4.01. The fourth-order valence-electron chi connectivity index (χ4n) is 1.39. The summed E-state index contributed by atoms with van der Waals surface area (Å²) < 4.78 is 0.568. The topological polar surface area (TPSA) is 91.3 Å². The molecular formula is C12H16BrN3O3. The van der Waals surface area contributed by atoms with Crippen LogP contribution in [0, 0.1) is 0 Å². The quantitative estimate of drug-likeness (QED) is 0.741. The van der Waals surface area contributed by atoms with Crippen molar-refractivity contribution in [2.24, 2.45) is 0 Å². The number of nitrogens with one attached hydrogen (secondary N) is 2. The van der Waals surface area contributed by atoms with E-state index < -0.39 is 12.0 Å². The van der Waals surface area contributed by atoms with Crippen LogP contribution in [0.2, 0.25) is 0 Å². The van der Waals surface area contributed by atoms with Crippen molar-refractivity contribution >= 4 is 33.6 Å². The summed E-state index contributed by atoms with van der Waals surface area (Å²) in [5, 5.41) is 14.6. The van der Waals surface area contributed by atoms with Crippen molar-refractivity contribution in [3.05, 3.63) is 22.3 Å². The summed E-state index contributed by atoms with van der Waals surface area (Å²) in [5.41, 5.74) is 0.0181. The van der Waals surface area contributed by atoms with E-state index in [2.05, 4.69) is 31.5 Å². The summed E-state index contributed by atoms with van der Waals surface area (Å²) in [6, 6.07) is 0.882. The van der Waals surface area contributed by atoms with E-state index in [4.69, 9.17) is 5.11 Å². The molecule has 0 bridgehead atoms. The van der Waals surface area contributed by atoms with Crippen molar-refractivity contribution in [1.29, 1.82) is 0 Å². The molecule has 0 saturated heterocycles. The number of pyridine rings is 1. The van der Waals surface area contributed by atoms with Gasteiger partial charge in [-0.25, -0.2) is 9.78 Å². The fraction of sp³-hybridized carbons (Fsp3) is 0.417. The van der Waals surface area contributed by atoms with E-state index in [1.807, 2.05) is 6.92 Å². The molecule has 0 aliphatic rings. The van der Waals surface area contributed by atoms with E-state index >= 15 is 0 Å². The summed E-state index contributed by atoms with van der Waals surface area (Å²) in [5.74, 6) is -1.12. The minimum absolute atomic E-state index is 0.0181. The van der Waals surface area contributed by atoms with Gasteiger partial charge in [-0.2, -0.15) is 0 Å². The third-order valence-corrected chi connectivity index (χ3v) is 2.81. The third-order valence-electron chi connectivity index (χ3n) is 2.38. The number of carbonyl (C=O) groups excluding carboxylic acids is 1. The van der Waals surface area contributed by atoms with Gasteiger partial charge in [0.25, 0.3) is 0 Å². The molecule has 19 heavy (non-hydrogen) atoms. The summed E-state index contributed by atoms with van der Waals surface area (Å²) in [6.45, 7) is 4.20. The first-order chi connectivity index (χ1) is 8.95. The number of nitrogens with zero attached hydrogens (tertiary/aromatic N) is 1. The van der Waals surface area contributed by atoms with Crippen LogP contribution in [-0.4, -0.2) is 34.6 Å². The molecule has 0 aliphatic carbocycles. The van der Waals surface area contributed by atoms with Gasteiger partial charge in [0.1, 0.15) is 17.4 Å². The fourth-order valence-corrected chi connectivity index (χ4v) is 1.72. The van der Waals surface area contributed by atoms with Crippen LogP contribution in [0.15, 0.2) is 16.7 Å². The lowest BCUT2D eigenvalue weighted by molar-refractivity contribution is -0.121. The van der Waals surface area contributed by atoms with Crippen LogP contribution < -0.4 is 10.6 Å². The number of aromatic nitrogens is 1. The molecular weight excluding hydrogens is 314 g/mol. The third kappa shape index (κ3) is 4.51. The Labute approximate surface area is 119 Å². The maximum Gasteiger partial charge on any atom is 0.339 e. The minimum Gasteiger partial charge on any atom is -0.478 e. The molecule has 0 aromatic carbocycles. The Bertz CT molecular complexity index is 479. The Hall–Kier alpha value is -1.63. The predicted octanol–water partition coefficient (Wildman–Crippen LogP) is 1.87. The largest absolute Gasteiger partial charge is 0.478 e. The molecule has 0 saturated carbocycles.